The topological polar surface area (TPSA) is 46.3 Å². The number of nitrogens with zero attached hydrogens (tertiary/aromatic N) is 1. The van der Waals surface area contributed by atoms with E-state index in [2.05, 4.69) is 0 Å². The molecule has 0 saturated carbocycles. The second-order valence-electron chi connectivity index (χ2n) is 3.94. The zero-order valence-electron chi connectivity index (χ0n) is 7.71. The molecule has 1 heterocycles. The number of nitrogens with two attached hydrogens (primary N) is 1. The Morgan fingerprint density at radius 3 is 2.42 bits per heavy atom. The van der Waals surface area contributed by atoms with Gasteiger partial charge in [-0.2, -0.15) is 0 Å². The largest absolute Gasteiger partial charge is 0.335 e. The second-order valence-corrected chi connectivity index (χ2v) is 3.94. The number of hydrogen-bond acceptors (Lipinski definition) is 2. The zero-order valence-corrected chi connectivity index (χ0v) is 7.71. The van der Waals surface area contributed by atoms with E-state index in [4.69, 9.17) is 5.73 Å². The minimum Gasteiger partial charge on any atom is -0.335 e. The second kappa shape index (κ2) is 3.27. The molecule has 12 heavy (non-hydrogen) atoms. The summed E-state index contributed by atoms with van der Waals surface area (Å²) >= 11 is 0. The van der Waals surface area contributed by atoms with Crippen molar-refractivity contribution in [3.63, 3.8) is 0 Å². The quantitative estimate of drug-likeness (QED) is 0.611. The summed E-state index contributed by atoms with van der Waals surface area (Å²) in [6, 6.07) is 0. The van der Waals surface area contributed by atoms with Crippen LogP contribution in [0, 0.1) is 0 Å². The Balaban J connectivity index is 2.39. The third kappa shape index (κ3) is 2.66. The normalized spacial score (nSPS) is 17.1. The number of carbonyl (C=O) groups excluding carboxylic acids is 1. The van der Waals surface area contributed by atoms with Crippen molar-refractivity contribution in [3.05, 3.63) is 12.2 Å². The van der Waals surface area contributed by atoms with Gasteiger partial charge in [0.05, 0.1) is 0 Å². The van der Waals surface area contributed by atoms with E-state index in [0.29, 0.717) is 6.42 Å². The lowest BCUT2D eigenvalue weighted by atomic mass is 10.0. The molecule has 1 rings (SSSR count). The maximum Gasteiger partial charge on any atom is 0.224 e. The van der Waals surface area contributed by atoms with Crippen molar-refractivity contribution in [2.75, 3.05) is 13.1 Å². The van der Waals surface area contributed by atoms with Crippen LogP contribution in [0.5, 0.6) is 0 Å². The number of rotatable bonds is 2. The van der Waals surface area contributed by atoms with Crippen LogP contribution in [0.15, 0.2) is 12.2 Å². The molecular weight excluding hydrogens is 152 g/mol. The predicted molar refractivity (Wildman–Crippen MR) is 48.6 cm³/mol. The van der Waals surface area contributed by atoms with Gasteiger partial charge in [-0.3, -0.25) is 4.79 Å². The lowest BCUT2D eigenvalue weighted by Gasteiger charge is -2.22. The molecular formula is C9H16N2O. The van der Waals surface area contributed by atoms with E-state index >= 15 is 0 Å². The molecule has 0 saturated heterocycles. The zero-order chi connectivity index (χ0) is 9.19. The lowest BCUT2D eigenvalue weighted by molar-refractivity contribution is -0.130. The molecule has 0 atom stereocenters. The third-order valence-corrected chi connectivity index (χ3v) is 1.78. The summed E-state index contributed by atoms with van der Waals surface area (Å²) in [6.45, 7) is 5.23. The fourth-order valence-electron chi connectivity index (χ4n) is 1.18. The minimum atomic E-state index is -0.389. The van der Waals surface area contributed by atoms with Gasteiger partial charge < -0.3 is 10.6 Å². The molecule has 0 aromatic rings. The summed E-state index contributed by atoms with van der Waals surface area (Å²) in [7, 11) is 0. The standard InChI is InChI=1S/C9H16N2O/c1-9(2,10)7-8(12)11-5-3-4-6-11/h3-4H,5-7,10H2,1-2H3. The summed E-state index contributed by atoms with van der Waals surface area (Å²) in [6.07, 6.45) is 4.43. The molecule has 0 aromatic heterocycles. The summed E-state index contributed by atoms with van der Waals surface area (Å²) in [5.41, 5.74) is 5.35. The van der Waals surface area contributed by atoms with E-state index in [0.717, 1.165) is 13.1 Å². The van der Waals surface area contributed by atoms with Crippen LogP contribution in [0.4, 0.5) is 0 Å². The molecule has 0 aliphatic carbocycles. The molecule has 0 aromatic carbocycles. The van der Waals surface area contributed by atoms with Crippen LogP contribution < -0.4 is 5.73 Å². The Hall–Kier alpha value is -0.830. The summed E-state index contributed by atoms with van der Waals surface area (Å²) in [4.78, 5) is 13.3. The van der Waals surface area contributed by atoms with Crippen molar-refractivity contribution in [2.24, 2.45) is 5.73 Å². The Bertz CT molecular complexity index is 195. The molecule has 3 nitrogen and oxygen atoms in total. The van der Waals surface area contributed by atoms with Gasteiger partial charge in [-0.1, -0.05) is 12.2 Å². The SMILES string of the molecule is CC(C)(N)CC(=O)N1CC=CC1. The monoisotopic (exact) mass is 168 g/mol. The first-order valence-corrected chi connectivity index (χ1v) is 4.21. The fourth-order valence-corrected chi connectivity index (χ4v) is 1.18. The lowest BCUT2D eigenvalue weighted by Crippen LogP contribution is -2.40. The van der Waals surface area contributed by atoms with Crippen LogP contribution in [0.3, 0.4) is 0 Å². The van der Waals surface area contributed by atoms with Gasteiger partial charge in [0.15, 0.2) is 0 Å². The molecule has 0 bridgehead atoms. The van der Waals surface area contributed by atoms with Crippen molar-refractivity contribution in [2.45, 2.75) is 25.8 Å². The molecule has 0 spiro atoms. The first kappa shape index (κ1) is 9.26. The van der Waals surface area contributed by atoms with E-state index in [1.54, 1.807) is 4.90 Å². The van der Waals surface area contributed by atoms with Gasteiger partial charge in [-0.05, 0) is 13.8 Å². The van der Waals surface area contributed by atoms with Gasteiger partial charge >= 0.3 is 0 Å². The van der Waals surface area contributed by atoms with E-state index in [9.17, 15) is 4.79 Å². The van der Waals surface area contributed by atoms with Gasteiger partial charge in [0, 0.05) is 25.0 Å². The fraction of sp³-hybridized carbons (Fsp3) is 0.667. The number of amides is 1. The van der Waals surface area contributed by atoms with Crippen molar-refractivity contribution in [1.82, 2.24) is 4.90 Å². The molecule has 3 heteroatoms. The molecule has 0 radical (unpaired) electrons. The average molecular weight is 168 g/mol. The smallest absolute Gasteiger partial charge is 0.224 e. The first-order chi connectivity index (χ1) is 5.49. The third-order valence-electron chi connectivity index (χ3n) is 1.78. The van der Waals surface area contributed by atoms with E-state index < -0.39 is 0 Å². The highest BCUT2D eigenvalue weighted by atomic mass is 16.2. The van der Waals surface area contributed by atoms with Crippen LogP contribution in [0.1, 0.15) is 20.3 Å². The molecule has 0 fully saturated rings. The van der Waals surface area contributed by atoms with Gasteiger partial charge in [0.25, 0.3) is 0 Å². The molecule has 0 unspecified atom stereocenters. The van der Waals surface area contributed by atoms with Crippen LogP contribution in [-0.2, 0) is 4.79 Å². The van der Waals surface area contributed by atoms with Crippen molar-refractivity contribution in [3.8, 4) is 0 Å². The Morgan fingerprint density at radius 2 is 2.00 bits per heavy atom. The van der Waals surface area contributed by atoms with Crippen molar-refractivity contribution in [1.29, 1.82) is 0 Å². The van der Waals surface area contributed by atoms with Crippen LogP contribution in [0.2, 0.25) is 0 Å². The molecule has 2 N–H and O–H groups in total. The van der Waals surface area contributed by atoms with E-state index in [1.165, 1.54) is 0 Å². The summed E-state index contributed by atoms with van der Waals surface area (Å²) in [5.74, 6) is 0.146. The highest BCUT2D eigenvalue weighted by Gasteiger charge is 2.21. The minimum absolute atomic E-state index is 0.146. The summed E-state index contributed by atoms with van der Waals surface area (Å²) in [5, 5.41) is 0. The maximum absolute atomic E-state index is 11.5. The molecule has 68 valence electrons. The van der Waals surface area contributed by atoms with Crippen molar-refractivity contribution < 1.29 is 4.79 Å². The predicted octanol–water partition coefficient (Wildman–Crippen LogP) is 0.512. The molecule has 1 amide bonds. The van der Waals surface area contributed by atoms with Crippen molar-refractivity contribution >= 4 is 5.91 Å². The van der Waals surface area contributed by atoms with Crippen LogP contribution in [0.25, 0.3) is 0 Å². The van der Waals surface area contributed by atoms with Gasteiger partial charge in [0.2, 0.25) is 5.91 Å². The number of carbonyl (C=O) groups is 1. The van der Waals surface area contributed by atoms with Gasteiger partial charge in [-0.15, -0.1) is 0 Å². The van der Waals surface area contributed by atoms with Gasteiger partial charge in [-0.25, -0.2) is 0 Å². The Morgan fingerprint density at radius 1 is 1.50 bits per heavy atom. The highest BCUT2D eigenvalue weighted by molar-refractivity contribution is 5.78. The van der Waals surface area contributed by atoms with Gasteiger partial charge in [0.1, 0.15) is 0 Å². The molecule has 1 aliphatic heterocycles. The van der Waals surface area contributed by atoms with Crippen LogP contribution in [-0.4, -0.2) is 29.4 Å². The average Bonchev–Trinajstić information content (AvgIpc) is 2.32. The first-order valence-electron chi connectivity index (χ1n) is 4.21. The molecule has 1 aliphatic rings. The van der Waals surface area contributed by atoms with Crippen LogP contribution >= 0.6 is 0 Å². The van der Waals surface area contributed by atoms with E-state index in [1.807, 2.05) is 26.0 Å². The number of hydrogen-bond donors (Lipinski definition) is 1. The highest BCUT2D eigenvalue weighted by Crippen LogP contribution is 2.09. The maximum atomic E-state index is 11.5. The Kier molecular flexibility index (Phi) is 2.52. The van der Waals surface area contributed by atoms with E-state index in [-0.39, 0.29) is 11.4 Å². The Labute approximate surface area is 73.2 Å². The summed E-state index contributed by atoms with van der Waals surface area (Å²) < 4.78 is 0.